The number of hydrogen-bond donors (Lipinski definition) is 1. The van der Waals surface area contributed by atoms with Gasteiger partial charge in [-0.05, 0) is 69.6 Å². The molecule has 5 rings (SSSR count). The molecule has 3 saturated heterocycles. The molecule has 3 aliphatic heterocycles. The Kier molecular flexibility index (Phi) is 5.25. The molecule has 0 aromatic heterocycles. The van der Waals surface area contributed by atoms with Crippen molar-refractivity contribution in [2.75, 3.05) is 13.4 Å². The summed E-state index contributed by atoms with van der Waals surface area (Å²) in [7, 11) is 0. The Bertz CT molecular complexity index is 484. The molecule has 0 aromatic rings. The van der Waals surface area contributed by atoms with Crippen molar-refractivity contribution in [1.82, 2.24) is 5.32 Å². The van der Waals surface area contributed by atoms with E-state index in [1.807, 2.05) is 0 Å². The first-order valence-corrected chi connectivity index (χ1v) is 11.0. The lowest BCUT2D eigenvalue weighted by Crippen LogP contribution is -2.50. The second kappa shape index (κ2) is 7.65. The molecule has 5 fully saturated rings. The van der Waals surface area contributed by atoms with Crippen molar-refractivity contribution in [1.29, 1.82) is 0 Å². The van der Waals surface area contributed by atoms with Crippen LogP contribution < -0.4 is 5.32 Å². The van der Waals surface area contributed by atoms with E-state index in [4.69, 9.17) is 14.2 Å². The Balaban J connectivity index is 1.20. The summed E-state index contributed by atoms with van der Waals surface area (Å²) in [6, 6.07) is 1.31. The summed E-state index contributed by atoms with van der Waals surface area (Å²) in [5.74, 6) is 2.04. The van der Waals surface area contributed by atoms with Crippen molar-refractivity contribution in [3.63, 3.8) is 0 Å². The van der Waals surface area contributed by atoms with Crippen LogP contribution in [0.2, 0.25) is 0 Å². The Hall–Kier alpha value is -0.230. The molecule has 0 aromatic carbocycles. The van der Waals surface area contributed by atoms with E-state index in [-0.39, 0.29) is 6.10 Å². The van der Waals surface area contributed by atoms with Gasteiger partial charge in [0.1, 0.15) is 13.0 Å². The third kappa shape index (κ3) is 3.57. The molecule has 4 nitrogen and oxygen atoms in total. The first-order valence-electron chi connectivity index (χ1n) is 11.0. The maximum absolute atomic E-state index is 13.6. The average molecular weight is 368 g/mol. The van der Waals surface area contributed by atoms with Gasteiger partial charge in [-0.15, -0.1) is 0 Å². The lowest BCUT2D eigenvalue weighted by molar-refractivity contribution is -0.0591. The molecule has 1 N–H and O–H groups in total. The van der Waals surface area contributed by atoms with Crippen LogP contribution >= 0.6 is 0 Å². The number of fused-ring (bicyclic) bond motifs is 3. The van der Waals surface area contributed by atoms with Crippen molar-refractivity contribution in [3.8, 4) is 0 Å². The van der Waals surface area contributed by atoms with Crippen molar-refractivity contribution in [3.05, 3.63) is 0 Å². The normalized spacial score (nSPS) is 51.3. The third-order valence-electron chi connectivity index (χ3n) is 7.98. The minimum Gasteiger partial charge on any atom is -0.378 e. The van der Waals surface area contributed by atoms with E-state index in [0.717, 1.165) is 57.5 Å². The van der Waals surface area contributed by atoms with Gasteiger partial charge < -0.3 is 19.5 Å². The van der Waals surface area contributed by atoms with Crippen LogP contribution in [-0.2, 0) is 14.2 Å². The van der Waals surface area contributed by atoms with Crippen LogP contribution in [0.25, 0.3) is 0 Å². The van der Waals surface area contributed by atoms with Crippen molar-refractivity contribution in [2.24, 2.45) is 17.8 Å². The van der Waals surface area contributed by atoms with Crippen LogP contribution in [-0.4, -0.2) is 50.0 Å². The first kappa shape index (κ1) is 17.8. The molecule has 0 spiro atoms. The second-order valence-corrected chi connectivity index (χ2v) is 9.42. The molecule has 148 valence electrons. The Morgan fingerprint density at radius 3 is 2.62 bits per heavy atom. The molecule has 5 aliphatic rings. The molecule has 4 unspecified atom stereocenters. The molecule has 7 atom stereocenters. The van der Waals surface area contributed by atoms with Crippen molar-refractivity contribution in [2.45, 2.75) is 101 Å². The van der Waals surface area contributed by atoms with Gasteiger partial charge in [-0.25, -0.2) is 4.39 Å². The van der Waals surface area contributed by atoms with Gasteiger partial charge in [0.15, 0.2) is 0 Å². The predicted octanol–water partition coefficient (Wildman–Crippen LogP) is 3.58. The van der Waals surface area contributed by atoms with Crippen molar-refractivity contribution >= 4 is 0 Å². The summed E-state index contributed by atoms with van der Waals surface area (Å²) in [6.07, 6.45) is 11.0. The van der Waals surface area contributed by atoms with Crippen LogP contribution in [0, 0.1) is 17.8 Å². The largest absolute Gasteiger partial charge is 0.378 e. The third-order valence-corrected chi connectivity index (χ3v) is 7.98. The molecule has 2 bridgehead atoms. The Morgan fingerprint density at radius 1 is 0.885 bits per heavy atom. The molecular weight excluding hydrogens is 333 g/mol. The van der Waals surface area contributed by atoms with E-state index in [1.165, 1.54) is 19.3 Å². The lowest BCUT2D eigenvalue weighted by Gasteiger charge is -2.44. The highest BCUT2D eigenvalue weighted by Gasteiger charge is 2.45. The zero-order valence-corrected chi connectivity index (χ0v) is 15.8. The maximum Gasteiger partial charge on any atom is 0.147 e. The van der Waals surface area contributed by atoms with E-state index in [1.54, 1.807) is 0 Å². The number of piperidine rings is 1. The number of alkyl halides is 1. The summed E-state index contributed by atoms with van der Waals surface area (Å²) in [6.45, 7) is 1.32. The van der Waals surface area contributed by atoms with E-state index in [2.05, 4.69) is 5.32 Å². The second-order valence-electron chi connectivity index (χ2n) is 9.42. The van der Waals surface area contributed by atoms with Gasteiger partial charge in [0, 0.05) is 24.4 Å². The van der Waals surface area contributed by atoms with Crippen LogP contribution in [0.1, 0.15) is 64.2 Å². The lowest BCUT2D eigenvalue weighted by atomic mass is 9.69. The molecule has 2 saturated carbocycles. The fourth-order valence-corrected chi connectivity index (χ4v) is 6.51. The van der Waals surface area contributed by atoms with Gasteiger partial charge in [0.05, 0.1) is 24.9 Å². The number of rotatable bonds is 4. The molecule has 3 heterocycles. The molecule has 0 radical (unpaired) electrons. The van der Waals surface area contributed by atoms with Gasteiger partial charge in [-0.3, -0.25) is 0 Å². The van der Waals surface area contributed by atoms with Crippen LogP contribution in [0.15, 0.2) is 0 Å². The number of ether oxygens (including phenoxy) is 3. The van der Waals surface area contributed by atoms with E-state index >= 15 is 0 Å². The molecule has 2 aliphatic carbocycles. The molecule has 26 heavy (non-hydrogen) atoms. The fraction of sp³-hybridized carbons (Fsp3) is 1.00. The van der Waals surface area contributed by atoms with Gasteiger partial charge in [0.25, 0.3) is 0 Å². The summed E-state index contributed by atoms with van der Waals surface area (Å²) < 4.78 is 31.4. The van der Waals surface area contributed by atoms with Crippen LogP contribution in [0.4, 0.5) is 4.39 Å². The van der Waals surface area contributed by atoms with E-state index < -0.39 is 6.17 Å². The number of hydrogen-bond acceptors (Lipinski definition) is 4. The summed E-state index contributed by atoms with van der Waals surface area (Å²) in [4.78, 5) is 0. The smallest absolute Gasteiger partial charge is 0.147 e. The highest BCUT2D eigenvalue weighted by atomic mass is 19.1. The van der Waals surface area contributed by atoms with Crippen LogP contribution in [0.3, 0.4) is 0 Å². The summed E-state index contributed by atoms with van der Waals surface area (Å²) in [5.41, 5.74) is 0. The average Bonchev–Trinajstić information content (AvgIpc) is 3.28. The molecule has 0 amide bonds. The zero-order valence-electron chi connectivity index (χ0n) is 15.8. The summed E-state index contributed by atoms with van der Waals surface area (Å²) >= 11 is 0. The monoisotopic (exact) mass is 367 g/mol. The highest BCUT2D eigenvalue weighted by Crippen LogP contribution is 2.45. The van der Waals surface area contributed by atoms with E-state index in [9.17, 15) is 4.39 Å². The first-order chi connectivity index (χ1) is 12.8. The predicted molar refractivity (Wildman–Crippen MR) is 96.6 cm³/mol. The maximum atomic E-state index is 13.6. The van der Waals surface area contributed by atoms with Gasteiger partial charge in [-0.2, -0.15) is 0 Å². The SMILES string of the molecule is FC1CCC([C@@H]2CC3CC[C@@H](N3)[C@@H]2COC2CCC3OCOC3C2)CC1. The minimum absolute atomic E-state index is 0.240. The molecular formula is C21H34FNO3. The molecule has 5 heteroatoms. The van der Waals surface area contributed by atoms with Crippen LogP contribution in [0.5, 0.6) is 0 Å². The van der Waals surface area contributed by atoms with E-state index in [0.29, 0.717) is 42.9 Å². The zero-order chi connectivity index (χ0) is 17.5. The van der Waals surface area contributed by atoms with Gasteiger partial charge >= 0.3 is 0 Å². The van der Waals surface area contributed by atoms with Gasteiger partial charge in [0.2, 0.25) is 0 Å². The minimum atomic E-state index is -0.553. The number of nitrogens with one attached hydrogen (secondary N) is 1. The number of halogens is 1. The summed E-state index contributed by atoms with van der Waals surface area (Å²) in [5, 5.41) is 3.84. The van der Waals surface area contributed by atoms with Crippen molar-refractivity contribution < 1.29 is 18.6 Å². The highest BCUT2D eigenvalue weighted by molar-refractivity contribution is 5.00. The quantitative estimate of drug-likeness (QED) is 0.824. The van der Waals surface area contributed by atoms with Gasteiger partial charge in [-0.1, -0.05) is 0 Å². The Morgan fingerprint density at radius 2 is 1.73 bits per heavy atom. The Labute approximate surface area is 156 Å². The standard InChI is InChI=1S/C21H34FNO3/c22-14-3-1-13(2-4-14)17-9-15-5-7-19(23-15)18(17)11-24-16-6-8-20-21(10-16)26-12-25-20/h13-21,23H,1-12H2/t13?,14?,15?,16?,17-,18+,19+,20?,21?/m0/s1. The fourth-order valence-electron chi connectivity index (χ4n) is 6.51. The topological polar surface area (TPSA) is 39.7 Å².